The van der Waals surface area contributed by atoms with Gasteiger partial charge in [0.1, 0.15) is 5.01 Å². The van der Waals surface area contributed by atoms with Gasteiger partial charge in [-0.25, -0.2) is 14.8 Å². The second-order valence-electron chi connectivity index (χ2n) is 5.29. The molecule has 25 heavy (non-hydrogen) atoms. The Balaban J connectivity index is 1.37. The van der Waals surface area contributed by atoms with Crippen LogP contribution in [0.2, 0.25) is 0 Å². The number of anilines is 1. The number of benzene rings is 2. The lowest BCUT2D eigenvalue weighted by molar-refractivity contribution is 0.251. The van der Waals surface area contributed by atoms with Gasteiger partial charge < -0.3 is 5.32 Å². The number of rotatable bonds is 4. The molecule has 5 nitrogen and oxygen atoms in total. The maximum atomic E-state index is 12.1. The lowest BCUT2D eigenvalue weighted by Crippen LogP contribution is -2.28. The largest absolute Gasteiger partial charge is 0.331 e. The number of hydrogen-bond acceptors (Lipinski definition) is 5. The highest BCUT2D eigenvalue weighted by Crippen LogP contribution is 2.24. The number of nitrogens with one attached hydrogen (secondary N) is 2. The summed E-state index contributed by atoms with van der Waals surface area (Å²) < 4.78 is 1.12. The molecule has 0 radical (unpaired) electrons. The van der Waals surface area contributed by atoms with Crippen molar-refractivity contribution in [1.29, 1.82) is 0 Å². The second-order valence-corrected chi connectivity index (χ2v) is 7.26. The van der Waals surface area contributed by atoms with Crippen LogP contribution in [0.5, 0.6) is 0 Å². The summed E-state index contributed by atoms with van der Waals surface area (Å²) in [7, 11) is 0. The number of aromatic nitrogens is 2. The summed E-state index contributed by atoms with van der Waals surface area (Å²) in [4.78, 5) is 21.0. The van der Waals surface area contributed by atoms with Crippen LogP contribution in [-0.4, -0.2) is 16.0 Å². The molecule has 0 spiro atoms. The average Bonchev–Trinajstić information content (AvgIpc) is 3.27. The molecule has 0 aliphatic carbocycles. The summed E-state index contributed by atoms with van der Waals surface area (Å²) in [6.07, 6.45) is 0. The first-order valence-corrected chi connectivity index (χ1v) is 9.38. The van der Waals surface area contributed by atoms with E-state index >= 15 is 0 Å². The second kappa shape index (κ2) is 7.00. The third-order valence-electron chi connectivity index (χ3n) is 3.53. The first kappa shape index (κ1) is 15.7. The maximum absolute atomic E-state index is 12.1. The molecule has 4 aromatic rings. The normalized spacial score (nSPS) is 10.7. The van der Waals surface area contributed by atoms with Crippen LogP contribution in [0.15, 0.2) is 60.0 Å². The van der Waals surface area contributed by atoms with Gasteiger partial charge in [-0.05, 0) is 12.1 Å². The van der Waals surface area contributed by atoms with E-state index in [4.69, 9.17) is 0 Å². The van der Waals surface area contributed by atoms with Crippen molar-refractivity contribution in [2.24, 2.45) is 0 Å². The molecule has 4 rings (SSSR count). The Morgan fingerprint density at radius 2 is 1.80 bits per heavy atom. The number of carbonyl (C=O) groups excluding carboxylic acids is 1. The van der Waals surface area contributed by atoms with Crippen LogP contribution in [0.4, 0.5) is 9.93 Å². The zero-order chi connectivity index (χ0) is 17.1. The molecule has 2 aromatic carbocycles. The predicted molar refractivity (Wildman–Crippen MR) is 103 cm³/mol. The minimum absolute atomic E-state index is 0.284. The quantitative estimate of drug-likeness (QED) is 0.548. The highest BCUT2D eigenvalue weighted by Gasteiger charge is 2.09. The van der Waals surface area contributed by atoms with Gasteiger partial charge in [-0.2, -0.15) is 0 Å². The van der Waals surface area contributed by atoms with Crippen LogP contribution in [0.3, 0.4) is 0 Å². The van der Waals surface area contributed by atoms with Crippen LogP contribution >= 0.6 is 22.7 Å². The average molecular weight is 366 g/mol. The lowest BCUT2D eigenvalue weighted by Gasteiger charge is -2.03. The van der Waals surface area contributed by atoms with E-state index in [0.29, 0.717) is 11.7 Å². The van der Waals surface area contributed by atoms with Gasteiger partial charge >= 0.3 is 6.03 Å². The molecule has 2 amide bonds. The van der Waals surface area contributed by atoms with Crippen molar-refractivity contribution in [1.82, 2.24) is 15.3 Å². The molecule has 0 fully saturated rings. The summed E-state index contributed by atoms with van der Waals surface area (Å²) in [6, 6.07) is 17.5. The molecule has 0 atom stereocenters. The highest BCUT2D eigenvalue weighted by molar-refractivity contribution is 7.18. The first-order valence-electron chi connectivity index (χ1n) is 7.68. The number of amides is 2. The van der Waals surface area contributed by atoms with E-state index in [2.05, 4.69) is 20.6 Å². The Labute approximate surface area is 152 Å². The van der Waals surface area contributed by atoms with E-state index in [9.17, 15) is 4.79 Å². The highest BCUT2D eigenvalue weighted by atomic mass is 32.1. The number of carbonyl (C=O) groups is 1. The fraction of sp³-hybridized carbons (Fsp3) is 0.0556. The third kappa shape index (κ3) is 3.67. The molecule has 0 unspecified atom stereocenters. The topological polar surface area (TPSA) is 66.9 Å². The van der Waals surface area contributed by atoms with E-state index in [0.717, 1.165) is 26.5 Å². The van der Waals surface area contributed by atoms with Crippen molar-refractivity contribution in [2.45, 2.75) is 6.54 Å². The van der Waals surface area contributed by atoms with Crippen LogP contribution in [0.25, 0.3) is 21.5 Å². The summed E-state index contributed by atoms with van der Waals surface area (Å²) in [5.41, 5.74) is 2.84. The van der Waals surface area contributed by atoms with Gasteiger partial charge in [-0.15, -0.1) is 22.7 Å². The Morgan fingerprint density at radius 1 is 1.00 bits per heavy atom. The number of fused-ring (bicyclic) bond motifs is 1. The molecule has 0 aliphatic rings. The molecule has 2 aromatic heterocycles. The van der Waals surface area contributed by atoms with Gasteiger partial charge in [0.15, 0.2) is 5.13 Å². The van der Waals surface area contributed by atoms with Gasteiger partial charge in [0.2, 0.25) is 0 Å². The standard InChI is InChI=1S/C18H14N4OS2/c23-17(19-10-16-20-13-8-4-5-9-15(13)25-16)22-18-21-14(11-24-18)12-6-2-1-3-7-12/h1-9,11H,10H2,(H2,19,21,22,23). The van der Waals surface area contributed by atoms with Gasteiger partial charge in [0.25, 0.3) is 0 Å². The molecular formula is C18H14N4OS2. The van der Waals surface area contributed by atoms with Gasteiger partial charge in [0, 0.05) is 10.9 Å². The summed E-state index contributed by atoms with van der Waals surface area (Å²) in [5, 5.41) is 8.97. The van der Waals surface area contributed by atoms with Crippen molar-refractivity contribution < 1.29 is 4.79 Å². The maximum Gasteiger partial charge on any atom is 0.321 e. The van der Waals surface area contributed by atoms with E-state index in [-0.39, 0.29) is 6.03 Å². The molecule has 2 N–H and O–H groups in total. The number of para-hydroxylation sites is 1. The minimum Gasteiger partial charge on any atom is -0.331 e. The molecular weight excluding hydrogens is 352 g/mol. The monoisotopic (exact) mass is 366 g/mol. The Bertz CT molecular complexity index is 977. The van der Waals surface area contributed by atoms with Crippen LogP contribution in [0, 0.1) is 0 Å². The van der Waals surface area contributed by atoms with Gasteiger partial charge in [-0.1, -0.05) is 42.5 Å². The lowest BCUT2D eigenvalue weighted by atomic mass is 10.2. The van der Waals surface area contributed by atoms with E-state index in [1.807, 2.05) is 60.0 Å². The van der Waals surface area contributed by atoms with E-state index in [1.54, 1.807) is 11.3 Å². The van der Waals surface area contributed by atoms with Crippen molar-refractivity contribution >= 4 is 44.1 Å². The number of hydrogen-bond donors (Lipinski definition) is 2. The molecule has 0 aliphatic heterocycles. The van der Waals surface area contributed by atoms with Gasteiger partial charge in [0.05, 0.1) is 22.5 Å². The number of thiazole rings is 2. The summed E-state index contributed by atoms with van der Waals surface area (Å²) in [5.74, 6) is 0. The molecule has 0 saturated heterocycles. The molecule has 0 bridgehead atoms. The zero-order valence-corrected chi connectivity index (χ0v) is 14.7. The first-order chi connectivity index (χ1) is 12.3. The van der Waals surface area contributed by atoms with E-state index < -0.39 is 0 Å². The minimum atomic E-state index is -0.284. The van der Waals surface area contributed by atoms with E-state index in [1.165, 1.54) is 11.3 Å². The smallest absolute Gasteiger partial charge is 0.321 e. The number of nitrogens with zero attached hydrogens (tertiary/aromatic N) is 2. The Hall–Kier alpha value is -2.77. The summed E-state index contributed by atoms with van der Waals surface area (Å²) >= 11 is 2.98. The number of urea groups is 1. The van der Waals surface area contributed by atoms with Crippen LogP contribution < -0.4 is 10.6 Å². The fourth-order valence-corrected chi connectivity index (χ4v) is 3.99. The Morgan fingerprint density at radius 3 is 2.64 bits per heavy atom. The van der Waals surface area contributed by atoms with Gasteiger partial charge in [-0.3, -0.25) is 5.32 Å². The molecule has 124 valence electrons. The fourth-order valence-electron chi connectivity index (χ4n) is 2.37. The van der Waals surface area contributed by atoms with Crippen molar-refractivity contribution in [2.75, 3.05) is 5.32 Å². The summed E-state index contributed by atoms with van der Waals surface area (Å²) in [6.45, 7) is 0.391. The Kier molecular flexibility index (Phi) is 4.41. The molecule has 7 heteroatoms. The zero-order valence-electron chi connectivity index (χ0n) is 13.1. The van der Waals surface area contributed by atoms with Crippen LogP contribution in [0.1, 0.15) is 5.01 Å². The van der Waals surface area contributed by atoms with Crippen molar-refractivity contribution in [3.8, 4) is 11.3 Å². The molecule has 2 heterocycles. The van der Waals surface area contributed by atoms with Crippen LogP contribution in [-0.2, 0) is 6.54 Å². The van der Waals surface area contributed by atoms with Crippen molar-refractivity contribution in [3.05, 3.63) is 65.0 Å². The predicted octanol–water partition coefficient (Wildman–Crippen LogP) is 4.74. The molecule has 0 saturated carbocycles. The SMILES string of the molecule is O=C(NCc1nc2ccccc2s1)Nc1nc(-c2ccccc2)cs1. The third-order valence-corrected chi connectivity index (χ3v) is 5.33. The van der Waals surface area contributed by atoms with Crippen molar-refractivity contribution in [3.63, 3.8) is 0 Å².